The van der Waals surface area contributed by atoms with Gasteiger partial charge in [0.2, 0.25) is 0 Å². The van der Waals surface area contributed by atoms with Crippen molar-refractivity contribution in [1.29, 1.82) is 0 Å². The van der Waals surface area contributed by atoms with Gasteiger partial charge in [-0.1, -0.05) is 48.6 Å². The second kappa shape index (κ2) is 6.15. The van der Waals surface area contributed by atoms with Gasteiger partial charge in [-0.15, -0.1) is 0 Å². The van der Waals surface area contributed by atoms with Crippen LogP contribution in [0.1, 0.15) is 11.1 Å². The van der Waals surface area contributed by atoms with E-state index in [1.165, 1.54) is 0 Å². The minimum Gasteiger partial charge on any atom is -0.392 e. The third-order valence-electron chi connectivity index (χ3n) is 2.72. The lowest BCUT2D eigenvalue weighted by atomic mass is 10.0. The Balaban J connectivity index is 2.35. The average molecular weight is 240 g/mol. The van der Waals surface area contributed by atoms with Crippen LogP contribution in [0.2, 0.25) is 0 Å². The number of fused-ring (bicyclic) bond motifs is 1. The maximum atomic E-state index is 8.74. The van der Waals surface area contributed by atoms with Crippen LogP contribution in [0.15, 0.2) is 48.6 Å². The van der Waals surface area contributed by atoms with Crippen LogP contribution < -0.4 is 0 Å². The number of hydrogen-bond donors (Lipinski definition) is 2. The summed E-state index contributed by atoms with van der Waals surface area (Å²) in [7, 11) is 0. The van der Waals surface area contributed by atoms with E-state index < -0.39 is 0 Å². The molecule has 0 fully saturated rings. The fraction of sp³-hybridized carbons (Fsp3) is 0.125. The van der Waals surface area contributed by atoms with Gasteiger partial charge in [0.25, 0.3) is 0 Å². The molecule has 0 radical (unpaired) electrons. The van der Waals surface area contributed by atoms with Crippen LogP contribution in [0.25, 0.3) is 22.9 Å². The summed E-state index contributed by atoms with van der Waals surface area (Å²) in [5.41, 5.74) is 2.16. The molecular formula is C16H16O2. The molecule has 0 amide bonds. The molecule has 0 heterocycles. The first kappa shape index (κ1) is 12.6. The molecule has 0 aliphatic carbocycles. The molecule has 0 saturated carbocycles. The fourth-order valence-electron chi connectivity index (χ4n) is 1.87. The Bertz CT molecular complexity index is 529. The summed E-state index contributed by atoms with van der Waals surface area (Å²) in [5, 5.41) is 19.8. The van der Waals surface area contributed by atoms with Crippen molar-refractivity contribution in [2.24, 2.45) is 0 Å². The standard InChI is InChI=1S/C16H16O2/c17-9-1-3-13-5-7-16-12-14(4-2-10-18)6-8-15(16)11-13/h1-8,11-12,17-18H,9-10H2/b3-1+,4-2+. The molecule has 0 aliphatic rings. The van der Waals surface area contributed by atoms with Crippen LogP contribution in [-0.2, 0) is 0 Å². The summed E-state index contributed by atoms with van der Waals surface area (Å²) in [4.78, 5) is 0. The zero-order valence-electron chi connectivity index (χ0n) is 10.1. The van der Waals surface area contributed by atoms with E-state index in [0.29, 0.717) is 0 Å². The van der Waals surface area contributed by atoms with Crippen molar-refractivity contribution in [2.75, 3.05) is 13.2 Å². The van der Waals surface area contributed by atoms with Gasteiger partial charge in [-0.3, -0.25) is 0 Å². The second-order valence-corrected chi connectivity index (χ2v) is 4.04. The van der Waals surface area contributed by atoms with E-state index in [0.717, 1.165) is 21.9 Å². The van der Waals surface area contributed by atoms with Gasteiger partial charge in [0, 0.05) is 0 Å². The van der Waals surface area contributed by atoms with Gasteiger partial charge in [0.05, 0.1) is 13.2 Å². The minimum atomic E-state index is 0.0585. The lowest BCUT2D eigenvalue weighted by molar-refractivity contribution is 0.343. The summed E-state index contributed by atoms with van der Waals surface area (Å²) in [6.07, 6.45) is 7.25. The van der Waals surface area contributed by atoms with E-state index in [4.69, 9.17) is 10.2 Å². The van der Waals surface area contributed by atoms with Crippen molar-refractivity contribution in [1.82, 2.24) is 0 Å². The molecule has 0 bridgehead atoms. The highest BCUT2D eigenvalue weighted by molar-refractivity contribution is 5.86. The number of aliphatic hydroxyl groups excluding tert-OH is 2. The van der Waals surface area contributed by atoms with E-state index in [1.807, 2.05) is 24.3 Å². The average Bonchev–Trinajstić information content (AvgIpc) is 2.42. The third-order valence-corrected chi connectivity index (χ3v) is 2.72. The normalized spacial score (nSPS) is 11.9. The predicted octanol–water partition coefficient (Wildman–Crippen LogP) is 2.85. The number of benzene rings is 2. The highest BCUT2D eigenvalue weighted by Gasteiger charge is 1.95. The summed E-state index contributed by atoms with van der Waals surface area (Å²) < 4.78 is 0. The summed E-state index contributed by atoms with van der Waals surface area (Å²) in [5.74, 6) is 0. The van der Waals surface area contributed by atoms with Crippen LogP contribution in [0.5, 0.6) is 0 Å². The van der Waals surface area contributed by atoms with Crippen LogP contribution >= 0.6 is 0 Å². The van der Waals surface area contributed by atoms with Crippen molar-refractivity contribution >= 4 is 22.9 Å². The Morgan fingerprint density at radius 1 is 0.722 bits per heavy atom. The van der Waals surface area contributed by atoms with E-state index in [2.05, 4.69) is 24.3 Å². The van der Waals surface area contributed by atoms with Gasteiger partial charge >= 0.3 is 0 Å². The van der Waals surface area contributed by atoms with E-state index >= 15 is 0 Å². The van der Waals surface area contributed by atoms with Crippen LogP contribution in [-0.4, -0.2) is 23.4 Å². The molecule has 2 N–H and O–H groups in total. The third kappa shape index (κ3) is 3.06. The summed E-state index contributed by atoms with van der Waals surface area (Å²) in [6, 6.07) is 12.3. The molecule has 0 aromatic heterocycles. The first-order valence-electron chi connectivity index (χ1n) is 5.92. The molecule has 0 aliphatic heterocycles. The molecule has 2 nitrogen and oxygen atoms in total. The number of aliphatic hydroxyl groups is 2. The monoisotopic (exact) mass is 240 g/mol. The maximum Gasteiger partial charge on any atom is 0.0615 e. The van der Waals surface area contributed by atoms with Gasteiger partial charge in [-0.05, 0) is 34.0 Å². The summed E-state index contributed by atoms with van der Waals surface area (Å²) >= 11 is 0. The van der Waals surface area contributed by atoms with E-state index in [1.54, 1.807) is 12.2 Å². The molecule has 2 aromatic carbocycles. The molecule has 2 aromatic rings. The molecule has 0 spiro atoms. The van der Waals surface area contributed by atoms with Gasteiger partial charge in [-0.25, -0.2) is 0 Å². The lowest BCUT2D eigenvalue weighted by Crippen LogP contribution is -1.80. The van der Waals surface area contributed by atoms with Crippen LogP contribution in [0.4, 0.5) is 0 Å². The van der Waals surface area contributed by atoms with Crippen LogP contribution in [0.3, 0.4) is 0 Å². The highest BCUT2D eigenvalue weighted by Crippen LogP contribution is 2.19. The van der Waals surface area contributed by atoms with E-state index in [-0.39, 0.29) is 13.2 Å². The molecule has 92 valence electrons. The second-order valence-electron chi connectivity index (χ2n) is 4.04. The molecule has 0 unspecified atom stereocenters. The highest BCUT2D eigenvalue weighted by atomic mass is 16.3. The molecule has 2 heteroatoms. The molecule has 0 saturated heterocycles. The van der Waals surface area contributed by atoms with Crippen molar-refractivity contribution < 1.29 is 10.2 Å². The quantitative estimate of drug-likeness (QED) is 0.862. The van der Waals surface area contributed by atoms with Gasteiger partial charge in [-0.2, -0.15) is 0 Å². The zero-order valence-corrected chi connectivity index (χ0v) is 10.1. The lowest BCUT2D eigenvalue weighted by Gasteiger charge is -2.01. The fourth-order valence-corrected chi connectivity index (χ4v) is 1.87. The largest absolute Gasteiger partial charge is 0.392 e. The number of hydrogen-bond acceptors (Lipinski definition) is 2. The first-order chi connectivity index (χ1) is 8.83. The topological polar surface area (TPSA) is 40.5 Å². The maximum absolute atomic E-state index is 8.74. The molecule has 2 rings (SSSR count). The minimum absolute atomic E-state index is 0.0585. The van der Waals surface area contributed by atoms with Crippen molar-refractivity contribution in [3.8, 4) is 0 Å². The Hall–Kier alpha value is -1.90. The SMILES string of the molecule is OC/C=C/c1ccc2cc(/C=C/CO)ccc2c1. The predicted molar refractivity (Wildman–Crippen MR) is 76.2 cm³/mol. The van der Waals surface area contributed by atoms with Gasteiger partial charge in [0.15, 0.2) is 0 Å². The van der Waals surface area contributed by atoms with E-state index in [9.17, 15) is 0 Å². The van der Waals surface area contributed by atoms with Gasteiger partial charge < -0.3 is 10.2 Å². The molecular weight excluding hydrogens is 224 g/mol. The first-order valence-corrected chi connectivity index (χ1v) is 5.92. The Morgan fingerprint density at radius 3 is 1.56 bits per heavy atom. The Morgan fingerprint density at radius 2 is 1.17 bits per heavy atom. The zero-order chi connectivity index (χ0) is 12.8. The molecule has 18 heavy (non-hydrogen) atoms. The number of rotatable bonds is 4. The van der Waals surface area contributed by atoms with Crippen molar-refractivity contribution in [3.63, 3.8) is 0 Å². The summed E-state index contributed by atoms with van der Waals surface area (Å²) in [6.45, 7) is 0.117. The van der Waals surface area contributed by atoms with Crippen molar-refractivity contribution in [2.45, 2.75) is 0 Å². The van der Waals surface area contributed by atoms with Crippen LogP contribution in [0, 0.1) is 0 Å². The van der Waals surface area contributed by atoms with Crippen molar-refractivity contribution in [3.05, 3.63) is 59.7 Å². The Kier molecular flexibility index (Phi) is 4.29. The Labute approximate surface area is 107 Å². The molecule has 0 atom stereocenters. The van der Waals surface area contributed by atoms with Gasteiger partial charge in [0.1, 0.15) is 0 Å². The smallest absolute Gasteiger partial charge is 0.0615 e.